The van der Waals surface area contributed by atoms with E-state index >= 15 is 0 Å². The second-order valence-corrected chi connectivity index (χ2v) is 6.96. The van der Waals surface area contributed by atoms with Crippen LogP contribution >= 0.6 is 24.0 Å². The molecule has 0 atom stereocenters. The fraction of sp³-hybridized carbons (Fsp3) is 0.667. The summed E-state index contributed by atoms with van der Waals surface area (Å²) in [5, 5.41) is 6.80. The maximum Gasteiger partial charge on any atom is 0.191 e. The second-order valence-electron chi connectivity index (χ2n) is 6.96. The predicted octanol–water partition coefficient (Wildman–Crippen LogP) is 2.80. The van der Waals surface area contributed by atoms with E-state index in [9.17, 15) is 0 Å². The Morgan fingerprint density at radius 3 is 2.57 bits per heavy atom. The lowest BCUT2D eigenvalue weighted by Crippen LogP contribution is -2.39. The maximum absolute atomic E-state index is 5.39. The zero-order valence-corrected chi connectivity index (χ0v) is 19.9. The van der Waals surface area contributed by atoms with Crippen molar-refractivity contribution in [1.82, 2.24) is 15.5 Å². The molecule has 0 spiro atoms. The molecule has 28 heavy (non-hydrogen) atoms. The third kappa shape index (κ3) is 10.5. The first-order chi connectivity index (χ1) is 13.3. The Morgan fingerprint density at radius 2 is 1.86 bits per heavy atom. The Hall–Kier alpha value is -1.06. The zero-order chi connectivity index (χ0) is 19.2. The van der Waals surface area contributed by atoms with Crippen molar-refractivity contribution in [2.45, 2.75) is 26.2 Å². The number of aliphatic imine (C=N–C) groups is 1. The van der Waals surface area contributed by atoms with Gasteiger partial charge in [-0.2, -0.15) is 0 Å². The summed E-state index contributed by atoms with van der Waals surface area (Å²) in [5.74, 6) is 0.941. The van der Waals surface area contributed by atoms with E-state index in [1.807, 2.05) is 0 Å². The van der Waals surface area contributed by atoms with Crippen molar-refractivity contribution in [2.24, 2.45) is 4.99 Å². The van der Waals surface area contributed by atoms with E-state index in [4.69, 9.17) is 9.73 Å². The van der Waals surface area contributed by atoms with Gasteiger partial charge >= 0.3 is 0 Å². The molecule has 2 N–H and O–H groups in total. The Morgan fingerprint density at radius 1 is 1.11 bits per heavy atom. The number of halogens is 1. The molecule has 1 fully saturated rings. The predicted molar refractivity (Wildman–Crippen MR) is 130 cm³/mol. The molecule has 1 aliphatic heterocycles. The minimum Gasteiger partial charge on any atom is -0.379 e. The molecule has 1 aromatic carbocycles. The molecule has 0 bridgehead atoms. The third-order valence-electron chi connectivity index (χ3n) is 4.76. The first kappa shape index (κ1) is 25.0. The van der Waals surface area contributed by atoms with Gasteiger partial charge in [0.15, 0.2) is 5.96 Å². The standard InChI is InChI=1S/C21H37N5O.HI/c1-3-22-21(24-13-9-15-26-16-18-27-19-17-26)23-12-7-8-14-25(2)20-10-5-4-6-11-20;/h4-6,10-11H,3,7-9,12-19H2,1-2H3,(H2,22,23,24);1H. The molecule has 0 aromatic heterocycles. The Labute approximate surface area is 188 Å². The van der Waals surface area contributed by atoms with Crippen molar-refractivity contribution in [2.75, 3.05) is 71.0 Å². The fourth-order valence-electron chi connectivity index (χ4n) is 3.14. The van der Waals surface area contributed by atoms with E-state index in [0.717, 1.165) is 84.2 Å². The molecule has 160 valence electrons. The van der Waals surface area contributed by atoms with E-state index in [1.165, 1.54) is 5.69 Å². The number of hydrogen-bond donors (Lipinski definition) is 2. The van der Waals surface area contributed by atoms with E-state index < -0.39 is 0 Å². The monoisotopic (exact) mass is 503 g/mol. The van der Waals surface area contributed by atoms with Gasteiger partial charge in [0.25, 0.3) is 0 Å². The topological polar surface area (TPSA) is 52.1 Å². The normalized spacial score (nSPS) is 15.0. The smallest absolute Gasteiger partial charge is 0.191 e. The van der Waals surface area contributed by atoms with Crippen LogP contribution in [0.25, 0.3) is 0 Å². The number of guanidine groups is 1. The van der Waals surface area contributed by atoms with Crippen LogP contribution in [0.3, 0.4) is 0 Å². The summed E-state index contributed by atoms with van der Waals surface area (Å²) in [6, 6.07) is 10.6. The molecule has 2 rings (SSSR count). The van der Waals surface area contributed by atoms with E-state index in [0.29, 0.717) is 0 Å². The van der Waals surface area contributed by atoms with E-state index in [-0.39, 0.29) is 24.0 Å². The number of morpholine rings is 1. The number of benzene rings is 1. The number of anilines is 1. The van der Waals surface area contributed by atoms with Crippen LogP contribution in [0.5, 0.6) is 0 Å². The molecule has 1 heterocycles. The number of rotatable bonds is 11. The lowest BCUT2D eigenvalue weighted by Gasteiger charge is -2.26. The van der Waals surface area contributed by atoms with Crippen molar-refractivity contribution in [3.05, 3.63) is 30.3 Å². The molecular formula is C21H38IN5O. The highest BCUT2D eigenvalue weighted by Gasteiger charge is 2.09. The van der Waals surface area contributed by atoms with Gasteiger partial charge < -0.3 is 20.3 Å². The maximum atomic E-state index is 5.39. The lowest BCUT2D eigenvalue weighted by molar-refractivity contribution is 0.0377. The van der Waals surface area contributed by atoms with Gasteiger partial charge in [0, 0.05) is 58.5 Å². The summed E-state index contributed by atoms with van der Waals surface area (Å²) in [4.78, 5) is 9.48. The lowest BCUT2D eigenvalue weighted by atomic mass is 10.2. The number of ether oxygens (including phenoxy) is 1. The second kappa shape index (κ2) is 15.8. The highest BCUT2D eigenvalue weighted by atomic mass is 127. The molecule has 1 aromatic rings. The van der Waals surface area contributed by atoms with Crippen molar-refractivity contribution in [3.63, 3.8) is 0 Å². The van der Waals surface area contributed by atoms with Crippen molar-refractivity contribution in [3.8, 4) is 0 Å². The van der Waals surface area contributed by atoms with E-state index in [1.54, 1.807) is 0 Å². The summed E-state index contributed by atoms with van der Waals surface area (Å²) in [5.41, 5.74) is 1.28. The summed E-state index contributed by atoms with van der Waals surface area (Å²) < 4.78 is 5.39. The quantitative estimate of drug-likeness (QED) is 0.211. The molecule has 1 saturated heterocycles. The molecular weight excluding hydrogens is 465 g/mol. The van der Waals surface area contributed by atoms with Crippen LogP contribution in [0.15, 0.2) is 35.3 Å². The number of nitrogens with one attached hydrogen (secondary N) is 2. The minimum absolute atomic E-state index is 0. The number of nitrogens with zero attached hydrogens (tertiary/aromatic N) is 3. The largest absolute Gasteiger partial charge is 0.379 e. The van der Waals surface area contributed by atoms with Crippen molar-refractivity contribution in [1.29, 1.82) is 0 Å². The van der Waals surface area contributed by atoms with Crippen LogP contribution in [0.1, 0.15) is 26.2 Å². The first-order valence-electron chi connectivity index (χ1n) is 10.4. The highest BCUT2D eigenvalue weighted by molar-refractivity contribution is 14.0. The van der Waals surface area contributed by atoms with Crippen LogP contribution in [0.4, 0.5) is 5.69 Å². The zero-order valence-electron chi connectivity index (χ0n) is 17.5. The van der Waals surface area contributed by atoms with Crippen LogP contribution in [-0.4, -0.2) is 76.9 Å². The van der Waals surface area contributed by atoms with Crippen molar-refractivity contribution < 1.29 is 4.74 Å². The van der Waals surface area contributed by atoms with Gasteiger partial charge in [-0.3, -0.25) is 9.89 Å². The first-order valence-corrected chi connectivity index (χ1v) is 10.4. The van der Waals surface area contributed by atoms with Gasteiger partial charge in [-0.25, -0.2) is 0 Å². The molecule has 6 nitrogen and oxygen atoms in total. The molecule has 1 aliphatic rings. The van der Waals surface area contributed by atoms with E-state index in [2.05, 4.69) is 64.7 Å². The Bertz CT molecular complexity index is 523. The number of hydrogen-bond acceptors (Lipinski definition) is 4. The average Bonchev–Trinajstić information content (AvgIpc) is 2.72. The summed E-state index contributed by atoms with van der Waals surface area (Å²) in [7, 11) is 2.16. The van der Waals surface area contributed by atoms with Crippen molar-refractivity contribution >= 4 is 35.6 Å². The summed E-state index contributed by atoms with van der Waals surface area (Å²) in [6.07, 6.45) is 3.39. The van der Waals surface area contributed by atoms with Gasteiger partial charge in [-0.05, 0) is 38.3 Å². The third-order valence-corrected chi connectivity index (χ3v) is 4.76. The van der Waals surface area contributed by atoms with Gasteiger partial charge in [0.2, 0.25) is 0 Å². The molecule has 0 saturated carbocycles. The van der Waals surface area contributed by atoms with Gasteiger partial charge in [0.05, 0.1) is 13.2 Å². The molecule has 0 radical (unpaired) electrons. The molecule has 7 heteroatoms. The Kier molecular flexibility index (Phi) is 14.1. The van der Waals surface area contributed by atoms with Gasteiger partial charge in [-0.1, -0.05) is 18.2 Å². The van der Waals surface area contributed by atoms with Crippen LogP contribution in [0, 0.1) is 0 Å². The SMILES string of the molecule is CCNC(=NCCCN1CCOCC1)NCCCCN(C)c1ccccc1.I. The average molecular weight is 503 g/mol. The summed E-state index contributed by atoms with van der Waals surface area (Å²) >= 11 is 0. The number of para-hydroxylation sites is 1. The number of unbranched alkanes of at least 4 members (excludes halogenated alkanes) is 1. The van der Waals surface area contributed by atoms with Crippen LogP contribution in [0.2, 0.25) is 0 Å². The Balaban J connectivity index is 0.00000392. The van der Waals surface area contributed by atoms with Crippen LogP contribution in [-0.2, 0) is 4.74 Å². The van der Waals surface area contributed by atoms with Gasteiger partial charge in [0.1, 0.15) is 0 Å². The summed E-state index contributed by atoms with van der Waals surface area (Å²) in [6.45, 7) is 10.9. The highest BCUT2D eigenvalue weighted by Crippen LogP contribution is 2.11. The molecule has 0 amide bonds. The molecule has 0 unspecified atom stereocenters. The van der Waals surface area contributed by atoms with Crippen LogP contribution < -0.4 is 15.5 Å². The molecule has 0 aliphatic carbocycles. The minimum atomic E-state index is 0. The van der Waals surface area contributed by atoms with Gasteiger partial charge in [-0.15, -0.1) is 24.0 Å². The fourth-order valence-corrected chi connectivity index (χ4v) is 3.14.